The van der Waals surface area contributed by atoms with Crippen molar-refractivity contribution < 1.29 is 4.74 Å². The third-order valence-corrected chi connectivity index (χ3v) is 5.21. The molecule has 1 aliphatic rings. The van der Waals surface area contributed by atoms with E-state index >= 15 is 0 Å². The van der Waals surface area contributed by atoms with E-state index in [1.807, 2.05) is 25.2 Å². The smallest absolute Gasteiger partial charge is 0.119 e. The van der Waals surface area contributed by atoms with Gasteiger partial charge >= 0.3 is 0 Å². The van der Waals surface area contributed by atoms with Crippen molar-refractivity contribution >= 4 is 23.2 Å². The van der Waals surface area contributed by atoms with Crippen LogP contribution in [0.25, 0.3) is 0 Å². The van der Waals surface area contributed by atoms with Gasteiger partial charge in [-0.2, -0.15) is 0 Å². The SMILES string of the molecule is CN[C@H]1Cc2ccc(OC)cc2[C@@H](c2ccc(Cl)c(Cl)c2)C1. The first kappa shape index (κ1) is 15.7. The van der Waals surface area contributed by atoms with Crippen LogP contribution in [0.2, 0.25) is 10.0 Å². The molecule has 1 N–H and O–H groups in total. The van der Waals surface area contributed by atoms with Gasteiger partial charge in [0.15, 0.2) is 0 Å². The average molecular weight is 336 g/mol. The number of hydrogen-bond acceptors (Lipinski definition) is 2. The van der Waals surface area contributed by atoms with Crippen molar-refractivity contribution in [1.82, 2.24) is 5.32 Å². The third kappa shape index (κ3) is 2.96. The fourth-order valence-corrected chi connectivity index (χ4v) is 3.54. The Balaban J connectivity index is 2.07. The second kappa shape index (κ2) is 6.49. The Morgan fingerprint density at radius 1 is 1.09 bits per heavy atom. The number of ether oxygens (including phenoxy) is 1. The number of likely N-dealkylation sites (N-methyl/N-ethyl adjacent to an activating group) is 1. The first-order valence-corrected chi connectivity index (χ1v) is 8.17. The summed E-state index contributed by atoms with van der Waals surface area (Å²) in [5.74, 6) is 1.19. The van der Waals surface area contributed by atoms with Crippen LogP contribution in [0.15, 0.2) is 36.4 Å². The zero-order chi connectivity index (χ0) is 15.7. The van der Waals surface area contributed by atoms with E-state index in [0.717, 1.165) is 18.6 Å². The molecule has 0 spiro atoms. The van der Waals surface area contributed by atoms with Crippen LogP contribution >= 0.6 is 23.2 Å². The maximum Gasteiger partial charge on any atom is 0.119 e. The fourth-order valence-electron chi connectivity index (χ4n) is 3.24. The lowest BCUT2D eigenvalue weighted by molar-refractivity contribution is 0.410. The molecule has 0 fully saturated rings. The summed E-state index contributed by atoms with van der Waals surface area (Å²) in [7, 11) is 3.72. The second-order valence-electron chi connectivity index (χ2n) is 5.72. The second-order valence-corrected chi connectivity index (χ2v) is 6.53. The first-order valence-electron chi connectivity index (χ1n) is 7.41. The monoisotopic (exact) mass is 335 g/mol. The highest BCUT2D eigenvalue weighted by Crippen LogP contribution is 2.40. The Labute approximate surface area is 141 Å². The van der Waals surface area contributed by atoms with Gasteiger partial charge < -0.3 is 10.1 Å². The minimum Gasteiger partial charge on any atom is -0.497 e. The molecular weight excluding hydrogens is 317 g/mol. The predicted octanol–water partition coefficient (Wildman–Crippen LogP) is 4.67. The van der Waals surface area contributed by atoms with E-state index in [4.69, 9.17) is 27.9 Å². The van der Waals surface area contributed by atoms with Crippen molar-refractivity contribution in [3.05, 3.63) is 63.1 Å². The molecule has 0 saturated carbocycles. The van der Waals surface area contributed by atoms with Crippen LogP contribution in [-0.2, 0) is 6.42 Å². The highest BCUT2D eigenvalue weighted by Gasteiger charge is 2.28. The van der Waals surface area contributed by atoms with Gasteiger partial charge in [0, 0.05) is 12.0 Å². The van der Waals surface area contributed by atoms with Crippen molar-refractivity contribution in [3.8, 4) is 5.75 Å². The standard InChI is InChI=1S/C18H19Cl2NO/c1-21-13-7-11-3-5-14(22-2)10-16(11)15(9-13)12-4-6-17(19)18(20)8-12/h3-6,8,10,13,15,21H,7,9H2,1-2H3/t13-,15+/m0/s1. The molecule has 2 atom stereocenters. The number of fused-ring (bicyclic) bond motifs is 1. The Morgan fingerprint density at radius 2 is 1.91 bits per heavy atom. The van der Waals surface area contributed by atoms with Crippen LogP contribution in [0.3, 0.4) is 0 Å². The van der Waals surface area contributed by atoms with E-state index in [-0.39, 0.29) is 0 Å². The molecule has 4 heteroatoms. The normalized spacial score (nSPS) is 20.5. The largest absolute Gasteiger partial charge is 0.497 e. The van der Waals surface area contributed by atoms with Gasteiger partial charge in [-0.1, -0.05) is 35.3 Å². The highest BCUT2D eigenvalue weighted by atomic mass is 35.5. The first-order chi connectivity index (χ1) is 10.6. The van der Waals surface area contributed by atoms with Gasteiger partial charge in [-0.3, -0.25) is 0 Å². The molecule has 0 unspecified atom stereocenters. The van der Waals surface area contributed by atoms with Crippen molar-refractivity contribution in [3.63, 3.8) is 0 Å². The third-order valence-electron chi connectivity index (χ3n) is 4.47. The number of hydrogen-bond donors (Lipinski definition) is 1. The van der Waals surface area contributed by atoms with Crippen LogP contribution < -0.4 is 10.1 Å². The van der Waals surface area contributed by atoms with E-state index in [1.165, 1.54) is 16.7 Å². The lowest BCUT2D eigenvalue weighted by atomic mass is 9.76. The lowest BCUT2D eigenvalue weighted by Crippen LogP contribution is -2.33. The highest BCUT2D eigenvalue weighted by molar-refractivity contribution is 6.42. The van der Waals surface area contributed by atoms with Crippen LogP contribution in [0.1, 0.15) is 29.0 Å². The molecule has 0 heterocycles. The van der Waals surface area contributed by atoms with E-state index in [2.05, 4.69) is 23.5 Å². The molecule has 2 aromatic rings. The Morgan fingerprint density at radius 3 is 2.59 bits per heavy atom. The minimum absolute atomic E-state index is 0.297. The fraction of sp³-hybridized carbons (Fsp3) is 0.333. The van der Waals surface area contributed by atoms with Gasteiger partial charge in [0.1, 0.15) is 5.75 Å². The molecule has 0 saturated heterocycles. The molecule has 0 aliphatic heterocycles. The van der Waals surface area contributed by atoms with Crippen molar-refractivity contribution in [2.24, 2.45) is 0 Å². The molecule has 2 nitrogen and oxygen atoms in total. The average Bonchev–Trinajstić information content (AvgIpc) is 2.55. The summed E-state index contributed by atoms with van der Waals surface area (Å²) >= 11 is 12.3. The predicted molar refractivity (Wildman–Crippen MR) is 92.5 cm³/mol. The summed E-state index contributed by atoms with van der Waals surface area (Å²) in [4.78, 5) is 0. The van der Waals surface area contributed by atoms with E-state index < -0.39 is 0 Å². The number of halogens is 2. The van der Waals surface area contributed by atoms with E-state index in [9.17, 15) is 0 Å². The zero-order valence-corrected chi connectivity index (χ0v) is 14.2. The summed E-state index contributed by atoms with van der Waals surface area (Å²) in [6, 6.07) is 12.7. The van der Waals surface area contributed by atoms with Gasteiger partial charge in [0.05, 0.1) is 17.2 Å². The van der Waals surface area contributed by atoms with E-state index in [0.29, 0.717) is 22.0 Å². The van der Waals surface area contributed by atoms with Crippen molar-refractivity contribution in [2.75, 3.05) is 14.2 Å². The molecule has 3 rings (SSSR count). The van der Waals surface area contributed by atoms with Crippen molar-refractivity contribution in [1.29, 1.82) is 0 Å². The molecule has 0 amide bonds. The maximum absolute atomic E-state index is 6.22. The van der Waals surface area contributed by atoms with Crippen LogP contribution in [0, 0.1) is 0 Å². The van der Waals surface area contributed by atoms with E-state index in [1.54, 1.807) is 7.11 Å². The van der Waals surface area contributed by atoms with Gasteiger partial charge in [-0.25, -0.2) is 0 Å². The quantitative estimate of drug-likeness (QED) is 0.880. The van der Waals surface area contributed by atoms with Crippen molar-refractivity contribution in [2.45, 2.75) is 24.8 Å². The lowest BCUT2D eigenvalue weighted by Gasteiger charge is -2.32. The molecule has 0 aromatic heterocycles. The molecular formula is C18H19Cl2NO. The Bertz CT molecular complexity index is 687. The van der Waals surface area contributed by atoms with Gasteiger partial charge in [-0.05, 0) is 60.8 Å². The Kier molecular flexibility index (Phi) is 4.62. The molecule has 1 aliphatic carbocycles. The molecule has 116 valence electrons. The Hall–Kier alpha value is -1.22. The number of methoxy groups -OCH3 is 1. The summed E-state index contributed by atoms with van der Waals surface area (Å²) < 4.78 is 5.40. The zero-order valence-electron chi connectivity index (χ0n) is 12.7. The van der Waals surface area contributed by atoms with Crippen LogP contribution in [-0.4, -0.2) is 20.2 Å². The van der Waals surface area contributed by atoms with Crippen LogP contribution in [0.5, 0.6) is 5.75 Å². The molecule has 0 bridgehead atoms. The number of rotatable bonds is 3. The van der Waals surface area contributed by atoms with Gasteiger partial charge in [-0.15, -0.1) is 0 Å². The summed E-state index contributed by atoms with van der Waals surface area (Å²) in [6.45, 7) is 0. The molecule has 2 aromatic carbocycles. The number of nitrogens with one attached hydrogen (secondary N) is 1. The van der Waals surface area contributed by atoms with Gasteiger partial charge in [0.25, 0.3) is 0 Å². The van der Waals surface area contributed by atoms with Gasteiger partial charge in [0.2, 0.25) is 0 Å². The molecule has 0 radical (unpaired) electrons. The van der Waals surface area contributed by atoms with Crippen LogP contribution in [0.4, 0.5) is 0 Å². The number of benzene rings is 2. The maximum atomic E-state index is 6.22. The topological polar surface area (TPSA) is 21.3 Å². The molecule has 22 heavy (non-hydrogen) atoms. The summed E-state index contributed by atoms with van der Waals surface area (Å²) in [5.41, 5.74) is 3.88. The summed E-state index contributed by atoms with van der Waals surface area (Å²) in [5, 5.41) is 4.61. The summed E-state index contributed by atoms with van der Waals surface area (Å²) in [6.07, 6.45) is 2.07. The minimum atomic E-state index is 0.297.